The average molecular weight is 361 g/mol. The van der Waals surface area contributed by atoms with E-state index in [1.807, 2.05) is 25.1 Å². The van der Waals surface area contributed by atoms with Gasteiger partial charge in [0.05, 0.1) is 12.8 Å². The van der Waals surface area contributed by atoms with Crippen LogP contribution in [0.1, 0.15) is 24.0 Å². The van der Waals surface area contributed by atoms with Crippen molar-refractivity contribution < 1.29 is 9.53 Å². The summed E-state index contributed by atoms with van der Waals surface area (Å²) >= 11 is 0. The van der Waals surface area contributed by atoms with Gasteiger partial charge in [-0.15, -0.1) is 0 Å². The Morgan fingerprint density at radius 2 is 1.96 bits per heavy atom. The first kappa shape index (κ1) is 18.5. The Labute approximate surface area is 159 Å². The molecule has 138 valence electrons. The number of ether oxygens (including phenoxy) is 1. The third-order valence-electron chi connectivity index (χ3n) is 4.74. The standard InChI is InChI=1S/C22H23N3O2/c1-16-13-19(25-11-5-6-12-25)10-9-17(16)14-18(15-23)22(26)24-20-7-3-4-8-21(20)27-2/h3-4,7-10,13-14H,5-6,11-12H2,1-2H3,(H,24,26)/b18-14-. The molecule has 0 aliphatic carbocycles. The minimum atomic E-state index is -0.454. The maximum Gasteiger partial charge on any atom is 0.266 e. The van der Waals surface area contributed by atoms with E-state index in [0.717, 1.165) is 24.2 Å². The van der Waals surface area contributed by atoms with Crippen LogP contribution in [0.4, 0.5) is 11.4 Å². The Morgan fingerprint density at radius 1 is 1.22 bits per heavy atom. The lowest BCUT2D eigenvalue weighted by atomic mass is 10.0. The number of benzene rings is 2. The topological polar surface area (TPSA) is 65.4 Å². The highest BCUT2D eigenvalue weighted by atomic mass is 16.5. The summed E-state index contributed by atoms with van der Waals surface area (Å²) in [4.78, 5) is 14.9. The Kier molecular flexibility index (Phi) is 5.77. The number of rotatable bonds is 5. The number of carbonyl (C=O) groups is 1. The molecule has 0 saturated carbocycles. The Hall–Kier alpha value is -3.26. The van der Waals surface area contributed by atoms with Crippen LogP contribution in [0.3, 0.4) is 0 Å². The Bertz CT molecular complexity index is 906. The van der Waals surface area contributed by atoms with Crippen molar-refractivity contribution in [1.82, 2.24) is 0 Å². The van der Waals surface area contributed by atoms with Crippen molar-refractivity contribution in [2.45, 2.75) is 19.8 Å². The summed E-state index contributed by atoms with van der Waals surface area (Å²) in [6.07, 6.45) is 4.08. The molecule has 2 aromatic rings. The van der Waals surface area contributed by atoms with Crippen LogP contribution in [0.5, 0.6) is 5.75 Å². The number of anilines is 2. The van der Waals surface area contributed by atoms with Gasteiger partial charge in [0.1, 0.15) is 17.4 Å². The number of nitrogens with one attached hydrogen (secondary N) is 1. The monoisotopic (exact) mass is 361 g/mol. The summed E-state index contributed by atoms with van der Waals surface area (Å²) in [7, 11) is 1.54. The highest BCUT2D eigenvalue weighted by molar-refractivity contribution is 6.10. The van der Waals surface area contributed by atoms with E-state index in [1.165, 1.54) is 25.6 Å². The number of hydrogen-bond acceptors (Lipinski definition) is 4. The van der Waals surface area contributed by atoms with E-state index in [9.17, 15) is 10.1 Å². The molecule has 0 bridgehead atoms. The Balaban J connectivity index is 1.81. The molecule has 5 nitrogen and oxygen atoms in total. The molecule has 0 radical (unpaired) electrons. The summed E-state index contributed by atoms with van der Waals surface area (Å²) in [5.74, 6) is 0.0966. The number of amides is 1. The van der Waals surface area contributed by atoms with E-state index < -0.39 is 5.91 Å². The smallest absolute Gasteiger partial charge is 0.266 e. The fourth-order valence-electron chi connectivity index (χ4n) is 3.24. The van der Waals surface area contributed by atoms with Crippen LogP contribution in [0.2, 0.25) is 0 Å². The number of hydrogen-bond donors (Lipinski definition) is 1. The third-order valence-corrected chi connectivity index (χ3v) is 4.74. The summed E-state index contributed by atoms with van der Waals surface area (Å²) in [6.45, 7) is 4.16. The van der Waals surface area contributed by atoms with Gasteiger partial charge in [0.25, 0.3) is 5.91 Å². The van der Waals surface area contributed by atoms with E-state index in [0.29, 0.717) is 11.4 Å². The molecule has 1 aliphatic heterocycles. The molecular weight excluding hydrogens is 338 g/mol. The molecule has 27 heavy (non-hydrogen) atoms. The molecule has 1 N–H and O–H groups in total. The average Bonchev–Trinajstić information content (AvgIpc) is 3.22. The van der Waals surface area contributed by atoms with Crippen molar-refractivity contribution in [3.63, 3.8) is 0 Å². The molecule has 1 saturated heterocycles. The maximum absolute atomic E-state index is 12.5. The minimum Gasteiger partial charge on any atom is -0.495 e. The van der Waals surface area contributed by atoms with Crippen molar-refractivity contribution in [2.75, 3.05) is 30.4 Å². The van der Waals surface area contributed by atoms with Crippen LogP contribution in [0, 0.1) is 18.3 Å². The maximum atomic E-state index is 12.5. The highest BCUT2D eigenvalue weighted by Gasteiger charge is 2.15. The molecule has 1 amide bonds. The molecule has 5 heteroatoms. The lowest BCUT2D eigenvalue weighted by Crippen LogP contribution is -2.17. The first-order valence-electron chi connectivity index (χ1n) is 9.04. The van der Waals surface area contributed by atoms with Crippen LogP contribution < -0.4 is 15.0 Å². The molecule has 3 rings (SSSR count). The second-order valence-electron chi connectivity index (χ2n) is 6.56. The van der Waals surface area contributed by atoms with Crippen molar-refractivity contribution in [1.29, 1.82) is 5.26 Å². The highest BCUT2D eigenvalue weighted by Crippen LogP contribution is 2.26. The number of aryl methyl sites for hydroxylation is 1. The van der Waals surface area contributed by atoms with Crippen LogP contribution in [-0.4, -0.2) is 26.1 Å². The molecule has 0 spiro atoms. The van der Waals surface area contributed by atoms with E-state index in [4.69, 9.17) is 4.74 Å². The second kappa shape index (κ2) is 8.41. The molecule has 0 aromatic heterocycles. The van der Waals surface area contributed by atoms with Gasteiger partial charge >= 0.3 is 0 Å². The quantitative estimate of drug-likeness (QED) is 0.642. The van der Waals surface area contributed by atoms with E-state index in [1.54, 1.807) is 24.3 Å². The van der Waals surface area contributed by atoms with Crippen molar-refractivity contribution in [3.05, 3.63) is 59.2 Å². The van der Waals surface area contributed by atoms with Gasteiger partial charge in [0.15, 0.2) is 0 Å². The molecule has 2 aromatic carbocycles. The molecule has 1 heterocycles. The number of methoxy groups -OCH3 is 1. The van der Waals surface area contributed by atoms with Gasteiger partial charge in [0.2, 0.25) is 0 Å². The van der Waals surface area contributed by atoms with Gasteiger partial charge in [-0.3, -0.25) is 4.79 Å². The molecule has 1 fully saturated rings. The van der Waals surface area contributed by atoms with E-state index >= 15 is 0 Å². The number of para-hydroxylation sites is 2. The number of nitriles is 1. The summed E-state index contributed by atoms with van der Waals surface area (Å²) in [6, 6.07) is 15.3. The molecule has 0 atom stereocenters. The summed E-state index contributed by atoms with van der Waals surface area (Å²) < 4.78 is 5.24. The van der Waals surface area contributed by atoms with Gasteiger partial charge < -0.3 is 15.0 Å². The fourth-order valence-corrected chi connectivity index (χ4v) is 3.24. The fraction of sp³-hybridized carbons (Fsp3) is 0.273. The van der Waals surface area contributed by atoms with Crippen LogP contribution >= 0.6 is 0 Å². The van der Waals surface area contributed by atoms with Gasteiger partial charge in [-0.05, 0) is 61.2 Å². The lowest BCUT2D eigenvalue weighted by molar-refractivity contribution is -0.112. The van der Waals surface area contributed by atoms with Crippen molar-refractivity contribution >= 4 is 23.4 Å². The molecule has 0 unspecified atom stereocenters. The summed E-state index contributed by atoms with van der Waals surface area (Å²) in [5.41, 5.74) is 3.69. The normalized spacial score (nSPS) is 14.0. The van der Waals surface area contributed by atoms with Crippen molar-refractivity contribution in [3.8, 4) is 11.8 Å². The summed E-state index contributed by atoms with van der Waals surface area (Å²) in [5, 5.41) is 12.2. The zero-order valence-corrected chi connectivity index (χ0v) is 15.7. The number of carbonyl (C=O) groups excluding carboxylic acids is 1. The van der Waals surface area contributed by atoms with E-state index in [2.05, 4.69) is 22.3 Å². The predicted molar refractivity (Wildman–Crippen MR) is 108 cm³/mol. The van der Waals surface area contributed by atoms with Crippen LogP contribution in [0.25, 0.3) is 6.08 Å². The predicted octanol–water partition coefficient (Wildman–Crippen LogP) is 4.15. The van der Waals surface area contributed by atoms with Gasteiger partial charge in [-0.1, -0.05) is 18.2 Å². The molecule has 1 aliphatic rings. The van der Waals surface area contributed by atoms with Gasteiger partial charge in [0, 0.05) is 18.8 Å². The molecular formula is C22H23N3O2. The van der Waals surface area contributed by atoms with Crippen LogP contribution in [-0.2, 0) is 4.79 Å². The zero-order valence-electron chi connectivity index (χ0n) is 15.7. The first-order valence-corrected chi connectivity index (χ1v) is 9.04. The Morgan fingerprint density at radius 3 is 2.63 bits per heavy atom. The zero-order chi connectivity index (χ0) is 19.2. The lowest BCUT2D eigenvalue weighted by Gasteiger charge is -2.18. The largest absolute Gasteiger partial charge is 0.495 e. The number of nitrogens with zero attached hydrogens (tertiary/aromatic N) is 2. The van der Waals surface area contributed by atoms with Crippen molar-refractivity contribution in [2.24, 2.45) is 0 Å². The van der Waals surface area contributed by atoms with Gasteiger partial charge in [-0.25, -0.2) is 0 Å². The second-order valence-corrected chi connectivity index (χ2v) is 6.56. The first-order chi connectivity index (χ1) is 13.1. The van der Waals surface area contributed by atoms with Gasteiger partial charge in [-0.2, -0.15) is 5.26 Å². The minimum absolute atomic E-state index is 0.0536. The SMILES string of the molecule is COc1ccccc1NC(=O)/C(C#N)=C\c1ccc(N2CCCC2)cc1C. The van der Waals surface area contributed by atoms with E-state index in [-0.39, 0.29) is 5.57 Å². The third kappa shape index (κ3) is 4.29. The van der Waals surface area contributed by atoms with Crippen LogP contribution in [0.15, 0.2) is 48.0 Å².